The van der Waals surface area contributed by atoms with Gasteiger partial charge >= 0.3 is 0 Å². The normalized spacial score (nSPS) is 10.7. The van der Waals surface area contributed by atoms with Crippen LogP contribution < -0.4 is 0 Å². The minimum atomic E-state index is -0.845. The van der Waals surface area contributed by atoms with Gasteiger partial charge in [-0.25, -0.2) is 18.7 Å². The third kappa shape index (κ3) is 5.35. The molecule has 0 saturated heterocycles. The molecule has 0 aliphatic carbocycles. The Hall–Kier alpha value is -3.62. The van der Waals surface area contributed by atoms with Crippen molar-refractivity contribution >= 4 is 10.8 Å². The zero-order valence-electron chi connectivity index (χ0n) is 17.7. The number of ether oxygens (including phenoxy) is 1. The van der Waals surface area contributed by atoms with Gasteiger partial charge in [-0.3, -0.25) is 0 Å². The van der Waals surface area contributed by atoms with Crippen LogP contribution in [0.1, 0.15) is 28.1 Å². The quantitative estimate of drug-likeness (QED) is 0.392. The fraction of sp³-hybridized carbons (Fsp3) is 0.185. The largest absolute Gasteiger partial charge is 0.384 e. The SMILES string of the molecule is COCCc1cnc(CCc2ccc(C#Cc3ccc4c(F)c(F)ccc4c3)cc2)nc1. The molecule has 3 nitrogen and oxygen atoms in total. The molecule has 0 unspecified atom stereocenters. The fourth-order valence-electron chi connectivity index (χ4n) is 3.36. The van der Waals surface area contributed by atoms with Crippen molar-refractivity contribution in [1.29, 1.82) is 0 Å². The maximum Gasteiger partial charge on any atom is 0.166 e. The highest BCUT2D eigenvalue weighted by atomic mass is 19.2. The highest BCUT2D eigenvalue weighted by Crippen LogP contribution is 2.21. The molecule has 0 amide bonds. The van der Waals surface area contributed by atoms with E-state index in [4.69, 9.17) is 4.74 Å². The van der Waals surface area contributed by atoms with E-state index in [-0.39, 0.29) is 5.39 Å². The van der Waals surface area contributed by atoms with Gasteiger partial charge < -0.3 is 4.74 Å². The first-order chi connectivity index (χ1) is 15.6. The lowest BCUT2D eigenvalue weighted by Crippen LogP contribution is -2.01. The number of halogens is 2. The summed E-state index contributed by atoms with van der Waals surface area (Å²) >= 11 is 0. The summed E-state index contributed by atoms with van der Waals surface area (Å²) in [6.45, 7) is 0.664. The summed E-state index contributed by atoms with van der Waals surface area (Å²) in [5.41, 5.74) is 3.89. The first-order valence-corrected chi connectivity index (χ1v) is 10.4. The van der Waals surface area contributed by atoms with Crippen molar-refractivity contribution in [3.05, 3.63) is 107 Å². The Kier molecular flexibility index (Phi) is 6.84. The first-order valence-electron chi connectivity index (χ1n) is 10.4. The van der Waals surface area contributed by atoms with Crippen molar-refractivity contribution in [2.75, 3.05) is 13.7 Å². The molecular formula is C27H22F2N2O. The number of aryl methyl sites for hydroxylation is 2. The topological polar surface area (TPSA) is 35.0 Å². The summed E-state index contributed by atoms with van der Waals surface area (Å²) in [6, 6.07) is 15.8. The second kappa shape index (κ2) is 10.1. The molecule has 160 valence electrons. The molecule has 4 rings (SSSR count). The first kappa shape index (κ1) is 21.6. The van der Waals surface area contributed by atoms with E-state index in [0.29, 0.717) is 12.0 Å². The van der Waals surface area contributed by atoms with Crippen LogP contribution in [0.5, 0.6) is 0 Å². The Labute approximate surface area is 186 Å². The van der Waals surface area contributed by atoms with Gasteiger partial charge in [0, 0.05) is 42.4 Å². The Balaban J connectivity index is 1.38. The molecular weight excluding hydrogens is 406 g/mol. The lowest BCUT2D eigenvalue weighted by Gasteiger charge is -2.03. The van der Waals surface area contributed by atoms with Gasteiger partial charge in [0.15, 0.2) is 11.6 Å². The molecule has 0 aliphatic rings. The minimum Gasteiger partial charge on any atom is -0.384 e. The Bertz CT molecular complexity index is 1270. The van der Waals surface area contributed by atoms with Crippen molar-refractivity contribution in [1.82, 2.24) is 9.97 Å². The number of nitrogens with zero attached hydrogens (tertiary/aromatic N) is 2. The number of benzene rings is 3. The number of rotatable bonds is 6. The average Bonchev–Trinajstić information content (AvgIpc) is 2.84. The monoisotopic (exact) mass is 428 g/mol. The van der Waals surface area contributed by atoms with E-state index in [9.17, 15) is 8.78 Å². The smallest absolute Gasteiger partial charge is 0.166 e. The molecule has 1 heterocycles. The summed E-state index contributed by atoms with van der Waals surface area (Å²) < 4.78 is 32.2. The predicted octanol–water partition coefficient (Wildman–Crippen LogP) is 5.28. The van der Waals surface area contributed by atoms with Crippen LogP contribution in [-0.2, 0) is 24.0 Å². The van der Waals surface area contributed by atoms with Crippen LogP contribution in [0.15, 0.2) is 67.0 Å². The molecule has 0 saturated carbocycles. The molecule has 0 radical (unpaired) electrons. The lowest BCUT2D eigenvalue weighted by atomic mass is 10.1. The molecule has 5 heteroatoms. The fourth-order valence-corrected chi connectivity index (χ4v) is 3.36. The molecule has 0 aliphatic heterocycles. The third-order valence-electron chi connectivity index (χ3n) is 5.20. The van der Waals surface area contributed by atoms with E-state index in [2.05, 4.69) is 33.9 Å². The Morgan fingerprint density at radius 3 is 2.25 bits per heavy atom. The highest BCUT2D eigenvalue weighted by Gasteiger charge is 2.06. The number of hydrogen-bond donors (Lipinski definition) is 0. The van der Waals surface area contributed by atoms with Gasteiger partial charge in [0.05, 0.1) is 6.61 Å². The van der Waals surface area contributed by atoms with Crippen molar-refractivity contribution in [3.63, 3.8) is 0 Å². The molecule has 0 atom stereocenters. The average molecular weight is 428 g/mol. The van der Waals surface area contributed by atoms with Gasteiger partial charge in [0.1, 0.15) is 5.82 Å². The Morgan fingerprint density at radius 2 is 1.50 bits per heavy atom. The van der Waals surface area contributed by atoms with Crippen LogP contribution >= 0.6 is 0 Å². The maximum absolute atomic E-state index is 13.8. The summed E-state index contributed by atoms with van der Waals surface area (Å²) in [5, 5.41) is 0.883. The van der Waals surface area contributed by atoms with Gasteiger partial charge in [0.25, 0.3) is 0 Å². The summed E-state index contributed by atoms with van der Waals surface area (Å²) in [4.78, 5) is 8.85. The minimum absolute atomic E-state index is 0.258. The molecule has 1 aromatic heterocycles. The van der Waals surface area contributed by atoms with Crippen LogP contribution in [0.3, 0.4) is 0 Å². The van der Waals surface area contributed by atoms with E-state index in [1.165, 1.54) is 5.56 Å². The molecule has 0 spiro atoms. The van der Waals surface area contributed by atoms with Crippen molar-refractivity contribution in [2.45, 2.75) is 19.3 Å². The second-order valence-corrected chi connectivity index (χ2v) is 7.49. The number of aromatic nitrogens is 2. The molecule has 0 N–H and O–H groups in total. The molecule has 32 heavy (non-hydrogen) atoms. The zero-order chi connectivity index (χ0) is 22.3. The van der Waals surface area contributed by atoms with E-state index in [0.717, 1.165) is 47.8 Å². The number of methoxy groups -OCH3 is 1. The summed E-state index contributed by atoms with van der Waals surface area (Å²) in [7, 11) is 1.68. The van der Waals surface area contributed by atoms with Crippen molar-refractivity contribution < 1.29 is 13.5 Å². The highest BCUT2D eigenvalue weighted by molar-refractivity contribution is 5.84. The van der Waals surface area contributed by atoms with E-state index < -0.39 is 11.6 Å². The number of hydrogen-bond acceptors (Lipinski definition) is 3. The van der Waals surface area contributed by atoms with Crippen LogP contribution in [-0.4, -0.2) is 23.7 Å². The van der Waals surface area contributed by atoms with Crippen LogP contribution in [0.2, 0.25) is 0 Å². The molecule has 0 fully saturated rings. The number of fused-ring (bicyclic) bond motifs is 1. The van der Waals surface area contributed by atoms with Crippen molar-refractivity contribution in [3.8, 4) is 11.8 Å². The molecule has 4 aromatic rings. The summed E-state index contributed by atoms with van der Waals surface area (Å²) in [5.74, 6) is 5.36. The zero-order valence-corrected chi connectivity index (χ0v) is 17.7. The van der Waals surface area contributed by atoms with Gasteiger partial charge in [0.2, 0.25) is 0 Å². The third-order valence-corrected chi connectivity index (χ3v) is 5.20. The van der Waals surface area contributed by atoms with E-state index in [1.807, 2.05) is 24.5 Å². The standard InChI is InChI=1S/C27H22F2N2O/c1-32-15-14-22-17-30-26(31-18-22)13-9-20-4-2-19(3-5-20)6-7-21-8-11-24-23(16-21)10-12-25(28)27(24)29/h2-5,8,10-12,16-18H,9,13-15H2,1H3. The van der Waals surface area contributed by atoms with Gasteiger partial charge in [-0.15, -0.1) is 0 Å². The van der Waals surface area contributed by atoms with E-state index in [1.54, 1.807) is 31.4 Å². The Morgan fingerprint density at radius 1 is 0.781 bits per heavy atom. The predicted molar refractivity (Wildman–Crippen MR) is 121 cm³/mol. The van der Waals surface area contributed by atoms with Crippen LogP contribution in [0.4, 0.5) is 8.78 Å². The van der Waals surface area contributed by atoms with Gasteiger partial charge in [-0.1, -0.05) is 36.1 Å². The van der Waals surface area contributed by atoms with Crippen molar-refractivity contribution in [2.24, 2.45) is 0 Å². The van der Waals surface area contributed by atoms with Crippen LogP contribution in [0, 0.1) is 23.5 Å². The van der Waals surface area contributed by atoms with Gasteiger partial charge in [-0.2, -0.15) is 0 Å². The second-order valence-electron chi connectivity index (χ2n) is 7.49. The van der Waals surface area contributed by atoms with Gasteiger partial charge in [-0.05, 0) is 59.7 Å². The molecule has 0 bridgehead atoms. The summed E-state index contributed by atoms with van der Waals surface area (Å²) in [6.07, 6.45) is 6.14. The lowest BCUT2D eigenvalue weighted by molar-refractivity contribution is 0.202. The van der Waals surface area contributed by atoms with E-state index >= 15 is 0 Å². The maximum atomic E-state index is 13.8. The van der Waals surface area contributed by atoms with Crippen LogP contribution in [0.25, 0.3) is 10.8 Å². The molecule has 3 aromatic carbocycles.